The van der Waals surface area contributed by atoms with E-state index in [1.54, 1.807) is 6.07 Å². The van der Waals surface area contributed by atoms with Crippen molar-refractivity contribution >= 4 is 5.69 Å². The fourth-order valence-corrected chi connectivity index (χ4v) is 1.88. The first kappa shape index (κ1) is 9.96. The molecule has 4 heteroatoms. The lowest BCUT2D eigenvalue weighted by atomic mass is 10.0. The summed E-state index contributed by atoms with van der Waals surface area (Å²) in [6.45, 7) is 2.03. The van der Waals surface area contributed by atoms with Crippen LogP contribution in [0.25, 0.3) is 0 Å². The molecule has 80 valence electrons. The highest BCUT2D eigenvalue weighted by atomic mass is 16.6. The molecule has 2 rings (SSSR count). The molecule has 0 spiro atoms. The van der Waals surface area contributed by atoms with Crippen LogP contribution in [0, 0.1) is 10.1 Å². The summed E-state index contributed by atoms with van der Waals surface area (Å²) in [7, 11) is 0. The van der Waals surface area contributed by atoms with E-state index in [4.69, 9.17) is 4.74 Å². The van der Waals surface area contributed by atoms with Gasteiger partial charge in [-0.25, -0.2) is 0 Å². The highest BCUT2D eigenvalue weighted by Gasteiger charge is 2.25. The number of rotatable bonds is 2. The molecule has 0 saturated heterocycles. The fraction of sp³-hybridized carbons (Fsp3) is 0.455. The number of nitro benzene ring substituents is 1. The third-order valence-corrected chi connectivity index (χ3v) is 2.75. The molecule has 1 atom stereocenters. The van der Waals surface area contributed by atoms with Crippen LogP contribution < -0.4 is 4.74 Å². The number of aryl methyl sites for hydroxylation is 1. The first-order valence-electron chi connectivity index (χ1n) is 5.15. The molecule has 0 radical (unpaired) electrons. The van der Waals surface area contributed by atoms with E-state index in [0.29, 0.717) is 5.75 Å². The molecule has 0 aliphatic carbocycles. The zero-order valence-electron chi connectivity index (χ0n) is 8.60. The highest BCUT2D eigenvalue weighted by Crippen LogP contribution is 2.36. The van der Waals surface area contributed by atoms with Crippen molar-refractivity contribution in [2.75, 3.05) is 0 Å². The summed E-state index contributed by atoms with van der Waals surface area (Å²) in [6.07, 6.45) is 2.84. The molecule has 1 aromatic carbocycles. The van der Waals surface area contributed by atoms with E-state index in [1.165, 1.54) is 6.07 Å². The number of benzene rings is 1. The van der Waals surface area contributed by atoms with Crippen molar-refractivity contribution < 1.29 is 9.66 Å². The molecule has 0 fully saturated rings. The monoisotopic (exact) mass is 207 g/mol. The highest BCUT2D eigenvalue weighted by molar-refractivity contribution is 5.52. The minimum atomic E-state index is -0.378. The standard InChI is InChI=1S/C11H13NO3/c1-2-9-7-6-8-4-3-5-10(12(13)14)11(8)15-9/h3-5,9H,2,6-7H2,1H3. The molecule has 1 aliphatic rings. The minimum Gasteiger partial charge on any atom is -0.483 e. The second-order valence-electron chi connectivity index (χ2n) is 3.71. The maximum atomic E-state index is 10.8. The summed E-state index contributed by atoms with van der Waals surface area (Å²) in [6, 6.07) is 5.11. The molecule has 4 nitrogen and oxygen atoms in total. The molecular formula is C11H13NO3. The van der Waals surface area contributed by atoms with Crippen molar-refractivity contribution in [2.24, 2.45) is 0 Å². The van der Waals surface area contributed by atoms with Gasteiger partial charge in [0.1, 0.15) is 0 Å². The predicted octanol–water partition coefficient (Wildman–Crippen LogP) is 2.70. The van der Waals surface area contributed by atoms with E-state index < -0.39 is 0 Å². The van der Waals surface area contributed by atoms with E-state index in [9.17, 15) is 10.1 Å². The lowest BCUT2D eigenvalue weighted by Gasteiger charge is -2.24. The van der Waals surface area contributed by atoms with Gasteiger partial charge in [-0.2, -0.15) is 0 Å². The molecule has 0 saturated carbocycles. The summed E-state index contributed by atoms with van der Waals surface area (Å²) in [4.78, 5) is 10.4. The van der Waals surface area contributed by atoms with E-state index in [-0.39, 0.29) is 16.7 Å². The van der Waals surface area contributed by atoms with Gasteiger partial charge in [-0.1, -0.05) is 19.1 Å². The third-order valence-electron chi connectivity index (χ3n) is 2.75. The summed E-state index contributed by atoms with van der Waals surface area (Å²) in [5, 5.41) is 10.8. The first-order valence-corrected chi connectivity index (χ1v) is 5.15. The van der Waals surface area contributed by atoms with E-state index in [0.717, 1.165) is 24.8 Å². The molecule has 1 heterocycles. The average molecular weight is 207 g/mol. The lowest BCUT2D eigenvalue weighted by Crippen LogP contribution is -2.22. The average Bonchev–Trinajstić information content (AvgIpc) is 2.27. The molecule has 1 aliphatic heterocycles. The molecule has 0 N–H and O–H groups in total. The van der Waals surface area contributed by atoms with Crippen LogP contribution in [0.15, 0.2) is 18.2 Å². The Labute approximate surface area is 88.0 Å². The van der Waals surface area contributed by atoms with Gasteiger partial charge in [0, 0.05) is 11.6 Å². The largest absolute Gasteiger partial charge is 0.483 e. The molecule has 1 unspecified atom stereocenters. The minimum absolute atomic E-state index is 0.0886. The SMILES string of the molecule is CCC1CCc2cccc([N+](=O)[O-])c2O1. The van der Waals surface area contributed by atoms with Crippen molar-refractivity contribution in [1.82, 2.24) is 0 Å². The Hall–Kier alpha value is -1.58. The Morgan fingerprint density at radius 1 is 1.60 bits per heavy atom. The van der Waals surface area contributed by atoms with Gasteiger partial charge in [-0.05, 0) is 19.3 Å². The lowest BCUT2D eigenvalue weighted by molar-refractivity contribution is -0.386. The van der Waals surface area contributed by atoms with Gasteiger partial charge in [0.2, 0.25) is 5.75 Å². The maximum Gasteiger partial charge on any atom is 0.311 e. The summed E-state index contributed by atoms with van der Waals surface area (Å²) in [5.41, 5.74) is 1.04. The Morgan fingerprint density at radius 3 is 3.07 bits per heavy atom. The zero-order chi connectivity index (χ0) is 10.8. The van der Waals surface area contributed by atoms with Gasteiger partial charge >= 0.3 is 5.69 Å². The molecule has 1 aromatic rings. The molecule has 0 amide bonds. The van der Waals surface area contributed by atoms with Crippen LogP contribution in [0.4, 0.5) is 5.69 Å². The zero-order valence-corrected chi connectivity index (χ0v) is 8.60. The van der Waals surface area contributed by atoms with Crippen molar-refractivity contribution in [1.29, 1.82) is 0 Å². The quantitative estimate of drug-likeness (QED) is 0.553. The van der Waals surface area contributed by atoms with E-state index in [1.807, 2.05) is 13.0 Å². The second-order valence-corrected chi connectivity index (χ2v) is 3.71. The smallest absolute Gasteiger partial charge is 0.311 e. The Morgan fingerprint density at radius 2 is 2.40 bits per heavy atom. The van der Waals surface area contributed by atoms with Crippen molar-refractivity contribution in [3.63, 3.8) is 0 Å². The number of nitrogens with zero attached hydrogens (tertiary/aromatic N) is 1. The van der Waals surface area contributed by atoms with Crippen LogP contribution >= 0.6 is 0 Å². The maximum absolute atomic E-state index is 10.8. The number of hydrogen-bond donors (Lipinski definition) is 0. The number of hydrogen-bond acceptors (Lipinski definition) is 3. The van der Waals surface area contributed by atoms with Gasteiger partial charge in [-0.15, -0.1) is 0 Å². The molecule has 0 aromatic heterocycles. The van der Waals surface area contributed by atoms with Gasteiger partial charge in [0.25, 0.3) is 0 Å². The Kier molecular flexibility index (Phi) is 2.58. The first-order chi connectivity index (χ1) is 7.22. The normalized spacial score (nSPS) is 19.1. The third kappa shape index (κ3) is 1.79. The summed E-state index contributed by atoms with van der Waals surface area (Å²) in [5.74, 6) is 0.473. The fourth-order valence-electron chi connectivity index (χ4n) is 1.88. The number of fused-ring (bicyclic) bond motifs is 1. The molecule has 15 heavy (non-hydrogen) atoms. The van der Waals surface area contributed by atoms with Crippen LogP contribution in [0.1, 0.15) is 25.3 Å². The van der Waals surface area contributed by atoms with Gasteiger partial charge in [-0.3, -0.25) is 10.1 Å². The predicted molar refractivity (Wildman–Crippen MR) is 56.1 cm³/mol. The molecule has 0 bridgehead atoms. The molecular weight excluding hydrogens is 194 g/mol. The van der Waals surface area contributed by atoms with Gasteiger partial charge in [0.15, 0.2) is 0 Å². The second kappa shape index (κ2) is 3.88. The van der Waals surface area contributed by atoms with Crippen LogP contribution in [0.5, 0.6) is 5.75 Å². The summed E-state index contributed by atoms with van der Waals surface area (Å²) >= 11 is 0. The van der Waals surface area contributed by atoms with Crippen molar-refractivity contribution in [2.45, 2.75) is 32.3 Å². The summed E-state index contributed by atoms with van der Waals surface area (Å²) < 4.78 is 5.63. The number of ether oxygens (including phenoxy) is 1. The van der Waals surface area contributed by atoms with Crippen LogP contribution in [0.3, 0.4) is 0 Å². The Bertz CT molecular complexity index is 389. The van der Waals surface area contributed by atoms with E-state index in [2.05, 4.69) is 0 Å². The Balaban J connectivity index is 2.40. The van der Waals surface area contributed by atoms with E-state index >= 15 is 0 Å². The van der Waals surface area contributed by atoms with Gasteiger partial charge < -0.3 is 4.74 Å². The van der Waals surface area contributed by atoms with Crippen LogP contribution in [-0.2, 0) is 6.42 Å². The van der Waals surface area contributed by atoms with Gasteiger partial charge in [0.05, 0.1) is 11.0 Å². The topological polar surface area (TPSA) is 52.4 Å². The van der Waals surface area contributed by atoms with Crippen molar-refractivity contribution in [3.8, 4) is 5.75 Å². The number of nitro groups is 1. The van der Waals surface area contributed by atoms with Crippen LogP contribution in [0.2, 0.25) is 0 Å². The number of para-hydroxylation sites is 1. The van der Waals surface area contributed by atoms with Crippen LogP contribution in [-0.4, -0.2) is 11.0 Å². The van der Waals surface area contributed by atoms with Crippen molar-refractivity contribution in [3.05, 3.63) is 33.9 Å².